The maximum Gasteiger partial charge on any atom is 0.237 e. The molecule has 0 radical (unpaired) electrons. The average molecular weight is 470 g/mol. The van der Waals surface area contributed by atoms with Gasteiger partial charge in [0.05, 0.1) is 19.2 Å². The predicted octanol–water partition coefficient (Wildman–Crippen LogP) is 2.07. The second-order valence-electron chi connectivity index (χ2n) is 8.12. The molecule has 10 heteroatoms. The lowest BCUT2D eigenvalue weighted by Crippen LogP contribution is -2.49. The summed E-state index contributed by atoms with van der Waals surface area (Å²) >= 11 is 0. The van der Waals surface area contributed by atoms with E-state index in [1.807, 2.05) is 29.2 Å². The number of carbonyl (C=O) groups is 2. The first-order valence-electron chi connectivity index (χ1n) is 10.9. The van der Waals surface area contributed by atoms with Crippen molar-refractivity contribution in [3.8, 4) is 17.2 Å². The molecule has 0 aliphatic carbocycles. The van der Waals surface area contributed by atoms with E-state index in [1.54, 1.807) is 17.0 Å². The molecular weight excluding hydrogens is 441 g/mol. The molecule has 0 unspecified atom stereocenters. The molecule has 1 aliphatic rings. The van der Waals surface area contributed by atoms with Crippen LogP contribution >= 0.6 is 0 Å². The van der Waals surface area contributed by atoms with Crippen LogP contribution in [0.5, 0.6) is 0 Å². The number of nitrogens with zero attached hydrogens (tertiary/aromatic N) is 3. The highest BCUT2D eigenvalue weighted by molar-refractivity contribution is 5.79. The van der Waals surface area contributed by atoms with Crippen molar-refractivity contribution in [3.05, 3.63) is 53.8 Å². The van der Waals surface area contributed by atoms with Crippen LogP contribution in [0.3, 0.4) is 0 Å². The minimum Gasteiger partial charge on any atom is -0.382 e. The van der Waals surface area contributed by atoms with Crippen LogP contribution in [0.1, 0.15) is 12.5 Å². The Hall–Kier alpha value is -3.52. The number of amides is 2. The van der Waals surface area contributed by atoms with Crippen LogP contribution in [0, 0.1) is 17.1 Å². The molecular formula is C24H28FN5O4. The highest BCUT2D eigenvalue weighted by Gasteiger charge is 2.23. The minimum atomic E-state index is -0.680. The number of anilines is 1. The zero-order valence-corrected chi connectivity index (χ0v) is 19.0. The molecule has 3 rings (SSSR count). The maximum absolute atomic E-state index is 14.8. The van der Waals surface area contributed by atoms with Gasteiger partial charge in [0.1, 0.15) is 11.9 Å². The SMILES string of the molecule is CC(=O)NC[C@@H](CNc1ccc(-c2ccc(CN3CCN(CC#N)CC3=O)cc2)c(F)c1)OO. The van der Waals surface area contributed by atoms with Gasteiger partial charge in [-0.1, -0.05) is 24.3 Å². The van der Waals surface area contributed by atoms with Crippen LogP contribution in [-0.4, -0.2) is 72.2 Å². The van der Waals surface area contributed by atoms with E-state index in [0.29, 0.717) is 36.4 Å². The highest BCUT2D eigenvalue weighted by atomic mass is 19.1. The van der Waals surface area contributed by atoms with Crippen LogP contribution in [0.2, 0.25) is 0 Å². The number of benzene rings is 2. The van der Waals surface area contributed by atoms with Crippen LogP contribution in [-0.2, 0) is 21.0 Å². The third-order valence-electron chi connectivity index (χ3n) is 5.56. The van der Waals surface area contributed by atoms with Crippen molar-refractivity contribution in [2.75, 3.05) is 44.6 Å². The topological polar surface area (TPSA) is 118 Å². The van der Waals surface area contributed by atoms with Gasteiger partial charge in [0.15, 0.2) is 0 Å². The van der Waals surface area contributed by atoms with E-state index in [1.165, 1.54) is 13.0 Å². The molecule has 0 bridgehead atoms. The van der Waals surface area contributed by atoms with Gasteiger partial charge in [-0.3, -0.25) is 19.7 Å². The molecule has 2 aromatic carbocycles. The number of halogens is 1. The molecule has 0 saturated carbocycles. The molecule has 9 nitrogen and oxygen atoms in total. The molecule has 180 valence electrons. The lowest BCUT2D eigenvalue weighted by molar-refractivity contribution is -0.272. The van der Waals surface area contributed by atoms with Gasteiger partial charge in [-0.2, -0.15) is 5.26 Å². The number of nitriles is 1. The Morgan fingerprint density at radius 3 is 2.62 bits per heavy atom. The Bertz CT molecular complexity index is 1040. The normalized spacial score (nSPS) is 15.0. The zero-order valence-electron chi connectivity index (χ0n) is 19.0. The predicted molar refractivity (Wildman–Crippen MR) is 124 cm³/mol. The van der Waals surface area contributed by atoms with E-state index < -0.39 is 11.9 Å². The van der Waals surface area contributed by atoms with Gasteiger partial charge >= 0.3 is 0 Å². The number of rotatable bonds is 10. The van der Waals surface area contributed by atoms with Crippen LogP contribution in [0.4, 0.5) is 10.1 Å². The molecule has 34 heavy (non-hydrogen) atoms. The lowest BCUT2D eigenvalue weighted by Gasteiger charge is -2.33. The van der Waals surface area contributed by atoms with E-state index in [-0.39, 0.29) is 38.0 Å². The summed E-state index contributed by atoms with van der Waals surface area (Å²) in [6.07, 6.45) is -0.680. The van der Waals surface area contributed by atoms with E-state index >= 15 is 0 Å². The van der Waals surface area contributed by atoms with Gasteiger partial charge in [-0.25, -0.2) is 9.28 Å². The van der Waals surface area contributed by atoms with Crippen molar-refractivity contribution in [3.63, 3.8) is 0 Å². The van der Waals surface area contributed by atoms with Gasteiger partial charge in [0, 0.05) is 50.9 Å². The fourth-order valence-corrected chi connectivity index (χ4v) is 3.66. The number of carbonyl (C=O) groups excluding carboxylic acids is 2. The molecule has 2 amide bonds. The number of hydrogen-bond acceptors (Lipinski definition) is 7. The summed E-state index contributed by atoms with van der Waals surface area (Å²) in [7, 11) is 0. The molecule has 1 heterocycles. The largest absolute Gasteiger partial charge is 0.382 e. The number of nitrogens with one attached hydrogen (secondary N) is 2. The molecule has 0 spiro atoms. The minimum absolute atomic E-state index is 0.00868. The van der Waals surface area contributed by atoms with Gasteiger partial charge < -0.3 is 15.5 Å². The Morgan fingerprint density at radius 1 is 1.24 bits per heavy atom. The molecule has 3 N–H and O–H groups in total. The smallest absolute Gasteiger partial charge is 0.237 e. The van der Waals surface area contributed by atoms with Gasteiger partial charge in [-0.15, -0.1) is 0 Å². The van der Waals surface area contributed by atoms with Gasteiger partial charge in [-0.05, 0) is 29.3 Å². The molecule has 2 aromatic rings. The summed E-state index contributed by atoms with van der Waals surface area (Å²) < 4.78 is 14.8. The first-order valence-corrected chi connectivity index (χ1v) is 10.9. The zero-order chi connectivity index (χ0) is 24.5. The molecule has 1 aliphatic heterocycles. The molecule has 0 aromatic heterocycles. The second kappa shape index (κ2) is 12.1. The Balaban J connectivity index is 1.57. The van der Waals surface area contributed by atoms with Gasteiger partial charge in [0.2, 0.25) is 11.8 Å². The van der Waals surface area contributed by atoms with Crippen molar-refractivity contribution in [1.82, 2.24) is 15.1 Å². The number of hydrogen-bond donors (Lipinski definition) is 3. The third-order valence-corrected chi connectivity index (χ3v) is 5.56. The van der Waals surface area contributed by atoms with Crippen molar-refractivity contribution in [1.29, 1.82) is 5.26 Å². The third kappa shape index (κ3) is 6.99. The summed E-state index contributed by atoms with van der Waals surface area (Å²) in [5.41, 5.74) is 2.60. The first-order chi connectivity index (χ1) is 16.4. The summed E-state index contributed by atoms with van der Waals surface area (Å²) in [6.45, 7) is 3.86. The van der Waals surface area contributed by atoms with Crippen molar-refractivity contribution in [2.45, 2.75) is 19.6 Å². The Morgan fingerprint density at radius 2 is 2.00 bits per heavy atom. The standard InChI is InChI=1S/C24H28FN5O4/c1-17(31)27-13-21(34-33)14-28-20-6-7-22(23(25)12-20)19-4-2-18(3-5-19)15-30-11-10-29(9-8-26)16-24(30)32/h2-7,12,21,28,33H,9-11,13-16H2,1H3,(H,27,31)/t21-/m0/s1. The summed E-state index contributed by atoms with van der Waals surface area (Å²) in [4.78, 5) is 31.2. The summed E-state index contributed by atoms with van der Waals surface area (Å²) in [5, 5.41) is 23.2. The van der Waals surface area contributed by atoms with E-state index in [4.69, 9.17) is 10.5 Å². The average Bonchev–Trinajstić information content (AvgIpc) is 2.82. The van der Waals surface area contributed by atoms with E-state index in [9.17, 15) is 14.0 Å². The van der Waals surface area contributed by atoms with E-state index in [0.717, 1.165) is 5.56 Å². The fourth-order valence-electron chi connectivity index (χ4n) is 3.66. The van der Waals surface area contributed by atoms with Gasteiger partial charge in [0.25, 0.3) is 0 Å². The molecule has 1 fully saturated rings. The maximum atomic E-state index is 14.8. The number of piperazine rings is 1. The van der Waals surface area contributed by atoms with Crippen molar-refractivity contribution >= 4 is 17.5 Å². The van der Waals surface area contributed by atoms with Crippen LogP contribution < -0.4 is 10.6 Å². The van der Waals surface area contributed by atoms with Crippen molar-refractivity contribution in [2.24, 2.45) is 0 Å². The highest BCUT2D eigenvalue weighted by Crippen LogP contribution is 2.26. The fraction of sp³-hybridized carbons (Fsp3) is 0.375. The first kappa shape index (κ1) is 25.1. The Kier molecular flexibility index (Phi) is 8.93. The lowest BCUT2D eigenvalue weighted by atomic mass is 10.0. The quantitative estimate of drug-likeness (QED) is 0.277. The van der Waals surface area contributed by atoms with Crippen LogP contribution in [0.15, 0.2) is 42.5 Å². The monoisotopic (exact) mass is 469 g/mol. The Labute approximate surface area is 197 Å². The second-order valence-corrected chi connectivity index (χ2v) is 8.12. The van der Waals surface area contributed by atoms with E-state index in [2.05, 4.69) is 21.6 Å². The van der Waals surface area contributed by atoms with Crippen molar-refractivity contribution < 1.29 is 24.1 Å². The summed E-state index contributed by atoms with van der Waals surface area (Å²) in [5.74, 6) is -0.663. The molecule has 1 saturated heterocycles. The van der Waals surface area contributed by atoms with Crippen LogP contribution in [0.25, 0.3) is 11.1 Å². The summed E-state index contributed by atoms with van der Waals surface area (Å²) in [6, 6.07) is 14.2. The molecule has 1 atom stereocenters.